The Kier molecular flexibility index (Phi) is 3.95. The summed E-state index contributed by atoms with van der Waals surface area (Å²) in [6.45, 7) is 4.19. The van der Waals surface area contributed by atoms with Crippen LogP contribution in [0.1, 0.15) is 28.7 Å². The monoisotopic (exact) mass is 349 g/mol. The summed E-state index contributed by atoms with van der Waals surface area (Å²) in [4.78, 5) is 31.3. The first kappa shape index (κ1) is 16.3. The molecule has 0 saturated carbocycles. The van der Waals surface area contributed by atoms with Crippen LogP contribution >= 0.6 is 0 Å². The predicted molar refractivity (Wildman–Crippen MR) is 98.2 cm³/mol. The van der Waals surface area contributed by atoms with Crippen LogP contribution in [0.2, 0.25) is 0 Å². The zero-order valence-electron chi connectivity index (χ0n) is 14.7. The van der Waals surface area contributed by atoms with Gasteiger partial charge >= 0.3 is 0 Å². The topological polar surface area (TPSA) is 75.4 Å². The molecule has 4 rings (SSSR count). The number of nitrogens with one attached hydrogen (secondary N) is 1. The van der Waals surface area contributed by atoms with Gasteiger partial charge in [0.15, 0.2) is 11.3 Å². The van der Waals surface area contributed by atoms with Gasteiger partial charge in [0.05, 0.1) is 0 Å². The van der Waals surface area contributed by atoms with Gasteiger partial charge in [-0.2, -0.15) is 0 Å². The van der Waals surface area contributed by atoms with Crippen molar-refractivity contribution in [1.82, 2.24) is 10.3 Å². The molecule has 132 valence electrons. The lowest BCUT2D eigenvalue weighted by atomic mass is 10.2. The van der Waals surface area contributed by atoms with E-state index in [4.69, 9.17) is 4.42 Å². The summed E-state index contributed by atoms with van der Waals surface area (Å²) < 4.78 is 5.55. The van der Waals surface area contributed by atoms with E-state index in [0.717, 1.165) is 23.4 Å². The maximum atomic E-state index is 12.8. The van der Waals surface area contributed by atoms with E-state index < -0.39 is 11.9 Å². The van der Waals surface area contributed by atoms with Crippen molar-refractivity contribution in [1.29, 1.82) is 0 Å². The molecule has 1 atom stereocenters. The number of carbonyl (C=O) groups is 2. The first-order chi connectivity index (χ1) is 12.5. The highest BCUT2D eigenvalue weighted by Crippen LogP contribution is 2.28. The molecule has 0 aliphatic carbocycles. The molecule has 1 unspecified atom stereocenters. The highest BCUT2D eigenvalue weighted by atomic mass is 16.3. The van der Waals surface area contributed by atoms with Gasteiger partial charge in [0, 0.05) is 24.0 Å². The van der Waals surface area contributed by atoms with E-state index in [2.05, 4.69) is 10.3 Å². The Morgan fingerprint density at radius 2 is 2.04 bits per heavy atom. The van der Waals surface area contributed by atoms with Crippen molar-refractivity contribution < 1.29 is 14.0 Å². The van der Waals surface area contributed by atoms with E-state index in [-0.39, 0.29) is 11.7 Å². The quantitative estimate of drug-likeness (QED) is 0.789. The van der Waals surface area contributed by atoms with E-state index in [0.29, 0.717) is 17.6 Å². The second kappa shape index (κ2) is 6.29. The third kappa shape index (κ3) is 2.83. The highest BCUT2D eigenvalue weighted by molar-refractivity contribution is 6.03. The van der Waals surface area contributed by atoms with Crippen LogP contribution < -0.4 is 10.2 Å². The van der Waals surface area contributed by atoms with Crippen LogP contribution in [0.3, 0.4) is 0 Å². The molecule has 26 heavy (non-hydrogen) atoms. The molecule has 0 radical (unpaired) electrons. The van der Waals surface area contributed by atoms with Crippen molar-refractivity contribution in [2.45, 2.75) is 26.3 Å². The van der Waals surface area contributed by atoms with Gasteiger partial charge in [-0.1, -0.05) is 18.2 Å². The molecule has 0 fully saturated rings. The van der Waals surface area contributed by atoms with E-state index in [1.54, 1.807) is 24.0 Å². The second-order valence-corrected chi connectivity index (χ2v) is 6.51. The third-order valence-corrected chi connectivity index (χ3v) is 4.61. The van der Waals surface area contributed by atoms with Gasteiger partial charge in [0.2, 0.25) is 5.91 Å². The number of anilines is 1. The fourth-order valence-electron chi connectivity index (χ4n) is 3.27. The fraction of sp³-hybridized carbons (Fsp3) is 0.250. The van der Waals surface area contributed by atoms with Crippen molar-refractivity contribution in [2.75, 3.05) is 11.4 Å². The average molecular weight is 349 g/mol. The number of rotatable bonds is 3. The SMILES string of the molecule is Cc1ccc2oc(C(=O)NC(C)C(=O)N3CCc4ccccc43)cc2n1. The zero-order chi connectivity index (χ0) is 18.3. The van der Waals surface area contributed by atoms with Gasteiger partial charge in [0.25, 0.3) is 5.91 Å². The highest BCUT2D eigenvalue weighted by Gasteiger charge is 2.29. The number of fused-ring (bicyclic) bond motifs is 2. The first-order valence-corrected chi connectivity index (χ1v) is 8.60. The Morgan fingerprint density at radius 3 is 2.88 bits per heavy atom. The molecule has 1 N–H and O–H groups in total. The molecular weight excluding hydrogens is 330 g/mol. The first-order valence-electron chi connectivity index (χ1n) is 8.60. The minimum absolute atomic E-state index is 0.131. The molecule has 1 aliphatic rings. The van der Waals surface area contributed by atoms with Crippen LogP contribution in [0.25, 0.3) is 11.1 Å². The summed E-state index contributed by atoms with van der Waals surface area (Å²) in [7, 11) is 0. The second-order valence-electron chi connectivity index (χ2n) is 6.51. The number of furan rings is 1. The lowest BCUT2D eigenvalue weighted by molar-refractivity contribution is -0.119. The number of nitrogens with zero attached hydrogens (tertiary/aromatic N) is 2. The van der Waals surface area contributed by atoms with Crippen molar-refractivity contribution >= 4 is 28.6 Å². The van der Waals surface area contributed by atoms with Crippen LogP contribution in [-0.4, -0.2) is 29.4 Å². The predicted octanol–water partition coefficient (Wildman–Crippen LogP) is 2.84. The van der Waals surface area contributed by atoms with Crippen molar-refractivity contribution in [3.63, 3.8) is 0 Å². The van der Waals surface area contributed by atoms with Gasteiger partial charge in [-0.3, -0.25) is 9.59 Å². The average Bonchev–Trinajstić information content (AvgIpc) is 3.24. The molecule has 1 aromatic carbocycles. The largest absolute Gasteiger partial charge is 0.449 e. The summed E-state index contributed by atoms with van der Waals surface area (Å²) in [5, 5.41) is 2.73. The fourth-order valence-corrected chi connectivity index (χ4v) is 3.27. The summed E-state index contributed by atoms with van der Waals surface area (Å²) in [6.07, 6.45) is 0.831. The number of hydrogen-bond donors (Lipinski definition) is 1. The van der Waals surface area contributed by atoms with Crippen molar-refractivity contribution in [2.24, 2.45) is 0 Å². The summed E-state index contributed by atoms with van der Waals surface area (Å²) in [5.41, 5.74) is 4.09. The molecule has 6 nitrogen and oxygen atoms in total. The maximum absolute atomic E-state index is 12.8. The Balaban J connectivity index is 1.49. The Labute approximate surface area is 150 Å². The van der Waals surface area contributed by atoms with Crippen molar-refractivity contribution in [3.8, 4) is 0 Å². The number of aromatic nitrogens is 1. The van der Waals surface area contributed by atoms with E-state index in [1.165, 1.54) is 0 Å². The normalized spacial score (nSPS) is 14.3. The lowest BCUT2D eigenvalue weighted by Gasteiger charge is -2.22. The molecule has 3 aromatic rings. The number of aryl methyl sites for hydroxylation is 1. The summed E-state index contributed by atoms with van der Waals surface area (Å²) >= 11 is 0. The molecule has 2 amide bonds. The Hall–Kier alpha value is -3.15. The molecule has 6 heteroatoms. The molecule has 2 aromatic heterocycles. The third-order valence-electron chi connectivity index (χ3n) is 4.61. The van der Waals surface area contributed by atoms with E-state index >= 15 is 0 Å². The van der Waals surface area contributed by atoms with Gasteiger partial charge in [0.1, 0.15) is 11.6 Å². The van der Waals surface area contributed by atoms with Gasteiger partial charge < -0.3 is 14.6 Å². The number of amides is 2. The molecule has 1 aliphatic heterocycles. The number of para-hydroxylation sites is 1. The van der Waals surface area contributed by atoms with E-state index in [9.17, 15) is 9.59 Å². The number of carbonyl (C=O) groups excluding carboxylic acids is 2. The minimum Gasteiger partial charge on any atom is -0.449 e. The standard InChI is InChI=1S/C20H19N3O3/c1-12-7-8-17-15(21-12)11-18(26-17)19(24)22-13(2)20(25)23-10-9-14-5-3-4-6-16(14)23/h3-8,11,13H,9-10H2,1-2H3,(H,22,24). The Bertz CT molecular complexity index is 1010. The molecule has 0 saturated heterocycles. The van der Waals surface area contributed by atoms with Crippen molar-refractivity contribution in [3.05, 3.63) is 59.5 Å². The summed E-state index contributed by atoms with van der Waals surface area (Å²) in [6, 6.07) is 12.4. The van der Waals surface area contributed by atoms with Crippen LogP contribution in [0.15, 0.2) is 46.9 Å². The van der Waals surface area contributed by atoms with Gasteiger partial charge in [-0.15, -0.1) is 0 Å². The molecule has 0 spiro atoms. The smallest absolute Gasteiger partial charge is 0.287 e. The maximum Gasteiger partial charge on any atom is 0.287 e. The number of hydrogen-bond acceptors (Lipinski definition) is 4. The van der Waals surface area contributed by atoms with E-state index in [1.807, 2.05) is 37.3 Å². The van der Waals surface area contributed by atoms with Crippen LogP contribution in [-0.2, 0) is 11.2 Å². The molecular formula is C20H19N3O3. The van der Waals surface area contributed by atoms with Crippen LogP contribution in [0, 0.1) is 6.92 Å². The summed E-state index contributed by atoms with van der Waals surface area (Å²) in [5.74, 6) is -0.401. The zero-order valence-corrected chi connectivity index (χ0v) is 14.7. The molecule has 3 heterocycles. The van der Waals surface area contributed by atoms with Gasteiger partial charge in [-0.05, 0) is 44.0 Å². The number of pyridine rings is 1. The number of benzene rings is 1. The van der Waals surface area contributed by atoms with Gasteiger partial charge in [-0.25, -0.2) is 4.98 Å². The molecule has 0 bridgehead atoms. The Morgan fingerprint density at radius 1 is 1.23 bits per heavy atom. The van der Waals surface area contributed by atoms with Crippen LogP contribution in [0.4, 0.5) is 5.69 Å². The lowest BCUT2D eigenvalue weighted by Crippen LogP contribution is -2.46. The van der Waals surface area contributed by atoms with Crippen LogP contribution in [0.5, 0.6) is 0 Å². The minimum atomic E-state index is -0.656.